The minimum Gasteiger partial charge on any atom is -0.457 e. The van der Waals surface area contributed by atoms with E-state index < -0.39 is 10.9 Å². The van der Waals surface area contributed by atoms with Gasteiger partial charge in [-0.25, -0.2) is 0 Å². The Bertz CT molecular complexity index is 1000. The highest BCUT2D eigenvalue weighted by molar-refractivity contribution is 5.99. The first-order valence-corrected chi connectivity index (χ1v) is 10.3. The lowest BCUT2D eigenvalue weighted by Crippen LogP contribution is -2.37. The number of ketones is 1. The van der Waals surface area contributed by atoms with Gasteiger partial charge in [0.25, 0.3) is 5.69 Å². The molecule has 0 bridgehead atoms. The molecule has 1 aromatic heterocycles. The van der Waals surface area contributed by atoms with E-state index in [-0.39, 0.29) is 24.0 Å². The molecule has 0 spiro atoms. The van der Waals surface area contributed by atoms with Crippen LogP contribution in [0.2, 0.25) is 0 Å². The molecule has 2 heterocycles. The average Bonchev–Trinajstić information content (AvgIpc) is 3.06. The molecule has 2 aromatic rings. The quantitative estimate of drug-likeness (QED) is 0.210. The van der Waals surface area contributed by atoms with Gasteiger partial charge in [0.05, 0.1) is 10.8 Å². The summed E-state index contributed by atoms with van der Waals surface area (Å²) in [4.78, 5) is 37.8. The summed E-state index contributed by atoms with van der Waals surface area (Å²) in [6, 6.07) is 8.41. The molecular weight excluding hydrogens is 398 g/mol. The van der Waals surface area contributed by atoms with E-state index in [4.69, 9.17) is 4.74 Å². The number of nitro groups is 1. The Morgan fingerprint density at radius 1 is 1.26 bits per heavy atom. The number of nitrogens with zero attached hydrogens (tertiary/aromatic N) is 3. The molecule has 8 heteroatoms. The van der Waals surface area contributed by atoms with Gasteiger partial charge in [-0.2, -0.15) is 0 Å². The van der Waals surface area contributed by atoms with E-state index in [1.54, 1.807) is 30.3 Å². The lowest BCUT2D eigenvalue weighted by Gasteiger charge is -2.32. The molecule has 0 aliphatic carbocycles. The molecule has 1 aliphatic heterocycles. The summed E-state index contributed by atoms with van der Waals surface area (Å²) in [5, 5.41) is 11.3. The van der Waals surface area contributed by atoms with Gasteiger partial charge in [-0.3, -0.25) is 19.7 Å². The Hall–Kier alpha value is -3.42. The average molecular weight is 425 g/mol. The maximum atomic E-state index is 12.6. The summed E-state index contributed by atoms with van der Waals surface area (Å²) >= 11 is 0. The zero-order valence-corrected chi connectivity index (χ0v) is 17.9. The lowest BCUT2D eigenvalue weighted by molar-refractivity contribution is -0.384. The molecule has 8 nitrogen and oxygen atoms in total. The number of benzene rings is 1. The number of nitro benzene ring substituents is 1. The molecule has 0 N–H and O–H groups in total. The number of anilines is 1. The molecule has 31 heavy (non-hydrogen) atoms. The summed E-state index contributed by atoms with van der Waals surface area (Å²) in [6.45, 7) is 8.87. The monoisotopic (exact) mass is 425 g/mol. The third-order valence-corrected chi connectivity index (χ3v) is 5.78. The fourth-order valence-electron chi connectivity index (χ4n) is 4.07. The second-order valence-electron chi connectivity index (χ2n) is 7.72. The van der Waals surface area contributed by atoms with Crippen molar-refractivity contribution in [1.29, 1.82) is 0 Å². The summed E-state index contributed by atoms with van der Waals surface area (Å²) in [6.07, 6.45) is 2.81. The Kier molecular flexibility index (Phi) is 6.89. The van der Waals surface area contributed by atoms with Crippen LogP contribution in [0.3, 0.4) is 0 Å². The number of piperidine rings is 1. The second-order valence-corrected chi connectivity index (χ2v) is 7.72. The number of Topliss-reactive ketones (excluding diaryl/α,β-unsaturated/α-hetero) is 1. The second kappa shape index (κ2) is 9.59. The smallest absolute Gasteiger partial charge is 0.309 e. The maximum absolute atomic E-state index is 12.6. The first-order chi connectivity index (χ1) is 14.8. The van der Waals surface area contributed by atoms with Crippen LogP contribution >= 0.6 is 0 Å². The number of allylic oxidation sites excluding steroid dienone is 1. The highest BCUT2D eigenvalue weighted by Crippen LogP contribution is 2.31. The highest BCUT2D eigenvalue weighted by Gasteiger charge is 2.29. The molecule has 1 aromatic carbocycles. The SMILES string of the molecule is C=CCn1c(C)cc(C(=O)COC(=O)C2CCN(c3ccccc3[N+](=O)[O-])CC2)c1C. The van der Waals surface area contributed by atoms with Gasteiger partial charge in [-0.15, -0.1) is 6.58 Å². The van der Waals surface area contributed by atoms with E-state index in [1.807, 2.05) is 23.3 Å². The Balaban J connectivity index is 1.55. The zero-order chi connectivity index (χ0) is 22.5. The topological polar surface area (TPSA) is 94.7 Å². The molecule has 0 saturated carbocycles. The molecule has 0 amide bonds. The fraction of sp³-hybridized carbons (Fsp3) is 0.391. The molecule has 1 aliphatic rings. The fourth-order valence-corrected chi connectivity index (χ4v) is 4.07. The Labute approximate surface area is 181 Å². The van der Waals surface area contributed by atoms with Crippen LogP contribution in [0, 0.1) is 29.9 Å². The van der Waals surface area contributed by atoms with Crippen LogP contribution in [0.5, 0.6) is 0 Å². The van der Waals surface area contributed by atoms with Crippen LogP contribution < -0.4 is 4.90 Å². The summed E-state index contributed by atoms with van der Waals surface area (Å²) in [7, 11) is 0. The molecule has 3 rings (SSSR count). The summed E-state index contributed by atoms with van der Waals surface area (Å²) in [5.41, 5.74) is 2.96. The first-order valence-electron chi connectivity index (χ1n) is 10.3. The van der Waals surface area contributed by atoms with Gasteiger partial charge in [0, 0.05) is 42.7 Å². The van der Waals surface area contributed by atoms with Crippen molar-refractivity contribution in [3.05, 3.63) is 70.1 Å². The van der Waals surface area contributed by atoms with Gasteiger partial charge < -0.3 is 14.2 Å². The summed E-state index contributed by atoms with van der Waals surface area (Å²) in [5.74, 6) is -0.940. The third kappa shape index (κ3) is 4.84. The number of aromatic nitrogens is 1. The van der Waals surface area contributed by atoms with Crippen LogP contribution in [-0.4, -0.2) is 40.9 Å². The van der Waals surface area contributed by atoms with Gasteiger partial charge in [0.2, 0.25) is 5.78 Å². The number of carbonyl (C=O) groups is 2. The van der Waals surface area contributed by atoms with Gasteiger partial charge in [-0.05, 0) is 38.8 Å². The molecule has 164 valence electrons. The predicted octanol–water partition coefficient (Wildman–Crippen LogP) is 3.84. The van der Waals surface area contributed by atoms with E-state index in [2.05, 4.69) is 6.58 Å². The van der Waals surface area contributed by atoms with Gasteiger partial charge >= 0.3 is 5.97 Å². The molecule has 1 fully saturated rings. The van der Waals surface area contributed by atoms with Crippen molar-refractivity contribution in [2.24, 2.45) is 5.92 Å². The Morgan fingerprint density at radius 2 is 1.94 bits per heavy atom. The molecular formula is C23H27N3O5. The van der Waals surface area contributed by atoms with Crippen LogP contribution in [0.4, 0.5) is 11.4 Å². The van der Waals surface area contributed by atoms with Gasteiger partial charge in [0.15, 0.2) is 6.61 Å². The van der Waals surface area contributed by atoms with E-state index in [1.165, 1.54) is 6.07 Å². The molecule has 0 atom stereocenters. The van der Waals surface area contributed by atoms with Crippen molar-refractivity contribution >= 4 is 23.1 Å². The number of para-hydroxylation sites is 2. The zero-order valence-electron chi connectivity index (χ0n) is 17.9. The predicted molar refractivity (Wildman–Crippen MR) is 117 cm³/mol. The Morgan fingerprint density at radius 3 is 2.58 bits per heavy atom. The number of carbonyl (C=O) groups excluding carboxylic acids is 2. The van der Waals surface area contributed by atoms with Crippen molar-refractivity contribution in [2.45, 2.75) is 33.2 Å². The maximum Gasteiger partial charge on any atom is 0.309 e. The summed E-state index contributed by atoms with van der Waals surface area (Å²) < 4.78 is 7.31. The minimum absolute atomic E-state index is 0.0585. The van der Waals surface area contributed by atoms with Crippen LogP contribution in [0.25, 0.3) is 0 Å². The van der Waals surface area contributed by atoms with E-state index in [0.717, 1.165) is 11.4 Å². The third-order valence-electron chi connectivity index (χ3n) is 5.78. The van der Waals surface area contributed by atoms with E-state index in [9.17, 15) is 19.7 Å². The standard InChI is InChI=1S/C23H27N3O5/c1-4-11-25-16(2)14-19(17(25)3)22(27)15-31-23(28)18-9-12-24(13-10-18)20-7-5-6-8-21(20)26(29)30/h4-8,14,18H,1,9-13,15H2,2-3H3. The van der Waals surface area contributed by atoms with Crippen molar-refractivity contribution < 1.29 is 19.2 Å². The highest BCUT2D eigenvalue weighted by atomic mass is 16.6. The number of ether oxygens (including phenoxy) is 1. The van der Waals surface area contributed by atoms with Gasteiger partial charge in [0.1, 0.15) is 5.69 Å². The number of aryl methyl sites for hydroxylation is 1. The molecule has 0 unspecified atom stereocenters. The number of hydrogen-bond donors (Lipinski definition) is 0. The number of esters is 1. The minimum atomic E-state index is -0.396. The number of hydrogen-bond acceptors (Lipinski definition) is 6. The van der Waals surface area contributed by atoms with Crippen molar-refractivity contribution in [3.63, 3.8) is 0 Å². The van der Waals surface area contributed by atoms with Gasteiger partial charge in [-0.1, -0.05) is 18.2 Å². The largest absolute Gasteiger partial charge is 0.457 e. The van der Waals surface area contributed by atoms with Crippen molar-refractivity contribution in [2.75, 3.05) is 24.6 Å². The lowest BCUT2D eigenvalue weighted by atomic mass is 9.96. The normalized spacial score (nSPS) is 14.3. The number of rotatable bonds is 8. The van der Waals surface area contributed by atoms with Crippen LogP contribution in [0.15, 0.2) is 43.0 Å². The van der Waals surface area contributed by atoms with Crippen LogP contribution in [0.1, 0.15) is 34.6 Å². The van der Waals surface area contributed by atoms with E-state index >= 15 is 0 Å². The van der Waals surface area contributed by atoms with Crippen molar-refractivity contribution in [1.82, 2.24) is 4.57 Å². The van der Waals surface area contributed by atoms with E-state index in [0.29, 0.717) is 43.7 Å². The first kappa shape index (κ1) is 22.3. The van der Waals surface area contributed by atoms with Crippen LogP contribution in [-0.2, 0) is 16.1 Å². The van der Waals surface area contributed by atoms with Crippen molar-refractivity contribution in [3.8, 4) is 0 Å². The molecule has 1 saturated heterocycles. The molecule has 0 radical (unpaired) electrons.